The first-order chi connectivity index (χ1) is 21.8. The molecule has 9 rings (SSSR count). The molecule has 4 aromatic rings. The van der Waals surface area contributed by atoms with Gasteiger partial charge in [-0.05, 0) is 103 Å². The van der Waals surface area contributed by atoms with Gasteiger partial charge in [0.15, 0.2) is 0 Å². The molecule has 0 fully saturated rings. The lowest BCUT2D eigenvalue weighted by molar-refractivity contribution is 0.498. The van der Waals surface area contributed by atoms with Gasteiger partial charge in [-0.1, -0.05) is 91.1 Å². The van der Waals surface area contributed by atoms with Crippen LogP contribution in [0.25, 0.3) is 33.1 Å². The number of fused-ring (bicyclic) bond motifs is 5. The Hall–Kier alpha value is -4.82. The van der Waals surface area contributed by atoms with E-state index < -0.39 is 0 Å². The Balaban J connectivity index is 1.13. The second kappa shape index (κ2) is 10.4. The molecule has 0 N–H and O–H groups in total. The van der Waals surface area contributed by atoms with E-state index in [1.54, 1.807) is 5.57 Å². The zero-order valence-corrected chi connectivity index (χ0v) is 25.0. The predicted molar refractivity (Wildman–Crippen MR) is 185 cm³/mol. The average molecular weight is 569 g/mol. The van der Waals surface area contributed by atoms with E-state index in [1.807, 2.05) is 0 Å². The molecule has 0 radical (unpaired) electrons. The maximum absolute atomic E-state index is 2.59. The smallest absolute Gasteiger partial charge is 0.0538 e. The minimum atomic E-state index is 0.407. The Kier molecular flexibility index (Phi) is 6.07. The van der Waals surface area contributed by atoms with Crippen molar-refractivity contribution in [3.05, 3.63) is 167 Å². The molecule has 0 spiro atoms. The molecule has 1 aliphatic heterocycles. The molecular formula is C42H36N2. The summed E-state index contributed by atoms with van der Waals surface area (Å²) >= 11 is 0. The minimum absolute atomic E-state index is 0.407. The second-order valence-electron chi connectivity index (χ2n) is 12.7. The van der Waals surface area contributed by atoms with Crippen molar-refractivity contribution in [2.45, 2.75) is 44.4 Å². The lowest BCUT2D eigenvalue weighted by Crippen LogP contribution is -2.21. The third-order valence-corrected chi connectivity index (χ3v) is 10.2. The summed E-state index contributed by atoms with van der Waals surface area (Å²) in [5.74, 6) is 0.835. The molecule has 0 saturated heterocycles. The molecule has 2 unspecified atom stereocenters. The summed E-state index contributed by atoms with van der Waals surface area (Å²) in [5, 5.41) is 2.69. The van der Waals surface area contributed by atoms with Gasteiger partial charge in [0.1, 0.15) is 0 Å². The van der Waals surface area contributed by atoms with Crippen molar-refractivity contribution in [2.24, 2.45) is 5.92 Å². The van der Waals surface area contributed by atoms with E-state index in [9.17, 15) is 0 Å². The fourth-order valence-corrected chi connectivity index (χ4v) is 8.13. The number of nitrogens with zero attached hydrogens (tertiary/aromatic N) is 2. The molecule has 214 valence electrons. The van der Waals surface area contributed by atoms with Crippen LogP contribution in [0.3, 0.4) is 0 Å². The average Bonchev–Trinajstić information content (AvgIpc) is 3.61. The van der Waals surface area contributed by atoms with E-state index in [0.29, 0.717) is 11.8 Å². The third kappa shape index (κ3) is 4.08. The molecule has 2 heteroatoms. The Labute approximate surface area is 259 Å². The quantitative estimate of drug-likeness (QED) is 0.238. The van der Waals surface area contributed by atoms with E-state index in [1.165, 1.54) is 61.3 Å². The van der Waals surface area contributed by atoms with Crippen molar-refractivity contribution in [3.8, 4) is 0 Å². The fourth-order valence-electron chi connectivity index (χ4n) is 8.13. The zero-order chi connectivity index (χ0) is 29.0. The highest BCUT2D eigenvalue weighted by molar-refractivity contribution is 6.11. The molecule has 0 saturated carbocycles. The zero-order valence-electron chi connectivity index (χ0n) is 25.0. The molecular weight excluding hydrogens is 532 g/mol. The predicted octanol–water partition coefficient (Wildman–Crippen LogP) is 10.8. The number of aromatic nitrogens is 1. The summed E-state index contributed by atoms with van der Waals surface area (Å²) in [7, 11) is 0. The standard InChI is InChI=1S/C42H36N2/c1-4-12-29(13-5-1)30-20-23-41-37(26-30)38-28-32(22-25-42(38)44(41)34-16-8-3-9-17-34)31-21-24-40-36(27-31)35-18-10-11-19-39(35)43(40)33-14-6-2-7-15-33/h1-6,8,10-14,16,18-25,27,30,38H,7,9,15,17,26,28H2. The molecule has 5 aliphatic rings. The van der Waals surface area contributed by atoms with Crippen LogP contribution >= 0.6 is 0 Å². The van der Waals surface area contributed by atoms with Crippen molar-refractivity contribution in [2.75, 3.05) is 0 Å². The SMILES string of the molecule is C1=CCCC(N2C3=CC=C(c4ccc5c(c4)c4ccccc4n5C4=CC=CCC4)CC3C3=C2C=CC(c2ccccc2)C3)=C1. The van der Waals surface area contributed by atoms with Crippen LogP contribution in [0, 0.1) is 5.92 Å². The van der Waals surface area contributed by atoms with Crippen LogP contribution < -0.4 is 0 Å². The molecule has 0 amide bonds. The van der Waals surface area contributed by atoms with Crippen LogP contribution in [-0.4, -0.2) is 9.47 Å². The first-order valence-corrected chi connectivity index (χ1v) is 16.3. The van der Waals surface area contributed by atoms with Crippen LogP contribution in [0.2, 0.25) is 0 Å². The van der Waals surface area contributed by atoms with Crippen LogP contribution in [0.5, 0.6) is 0 Å². The topological polar surface area (TPSA) is 8.17 Å². The lowest BCUT2D eigenvalue weighted by atomic mass is 9.78. The Morgan fingerprint density at radius 1 is 0.659 bits per heavy atom. The van der Waals surface area contributed by atoms with Crippen molar-refractivity contribution in [3.63, 3.8) is 0 Å². The van der Waals surface area contributed by atoms with Crippen molar-refractivity contribution >= 4 is 33.1 Å². The van der Waals surface area contributed by atoms with Crippen LogP contribution in [0.15, 0.2) is 156 Å². The second-order valence-corrected chi connectivity index (χ2v) is 12.7. The minimum Gasteiger partial charge on any atom is -0.317 e. The van der Waals surface area contributed by atoms with Crippen LogP contribution in [0.4, 0.5) is 0 Å². The van der Waals surface area contributed by atoms with Crippen molar-refractivity contribution in [1.82, 2.24) is 9.47 Å². The maximum atomic E-state index is 2.59. The molecule has 44 heavy (non-hydrogen) atoms. The normalized spacial score (nSPS) is 22.6. The van der Waals surface area contributed by atoms with Gasteiger partial charge in [0.05, 0.1) is 11.0 Å². The molecule has 0 bridgehead atoms. The molecule has 4 aliphatic carbocycles. The van der Waals surface area contributed by atoms with E-state index >= 15 is 0 Å². The number of hydrogen-bond acceptors (Lipinski definition) is 1. The van der Waals surface area contributed by atoms with E-state index in [4.69, 9.17) is 0 Å². The summed E-state index contributed by atoms with van der Waals surface area (Å²) in [6.07, 6.45) is 29.8. The van der Waals surface area contributed by atoms with Gasteiger partial charge in [-0.15, -0.1) is 0 Å². The van der Waals surface area contributed by atoms with E-state index in [-0.39, 0.29) is 0 Å². The van der Waals surface area contributed by atoms with Crippen molar-refractivity contribution in [1.29, 1.82) is 0 Å². The van der Waals surface area contributed by atoms with Gasteiger partial charge in [0, 0.05) is 45.4 Å². The molecule has 2 nitrogen and oxygen atoms in total. The van der Waals surface area contributed by atoms with Crippen molar-refractivity contribution < 1.29 is 0 Å². The Morgan fingerprint density at radius 3 is 2.25 bits per heavy atom. The van der Waals surface area contributed by atoms with Gasteiger partial charge in [0.2, 0.25) is 0 Å². The number of para-hydroxylation sites is 1. The number of benzene rings is 3. The summed E-state index contributed by atoms with van der Waals surface area (Å²) in [6, 6.07) is 27.2. The summed E-state index contributed by atoms with van der Waals surface area (Å²) in [4.78, 5) is 2.59. The highest BCUT2D eigenvalue weighted by Gasteiger charge is 2.40. The first kappa shape index (κ1) is 25.7. The van der Waals surface area contributed by atoms with Gasteiger partial charge in [-0.2, -0.15) is 0 Å². The fraction of sp³-hybridized carbons (Fsp3) is 0.190. The van der Waals surface area contributed by atoms with Crippen LogP contribution in [-0.2, 0) is 0 Å². The number of rotatable bonds is 4. The van der Waals surface area contributed by atoms with E-state index in [0.717, 1.165) is 38.5 Å². The molecule has 3 aromatic carbocycles. The lowest BCUT2D eigenvalue weighted by Gasteiger charge is -2.30. The highest BCUT2D eigenvalue weighted by atomic mass is 15.2. The van der Waals surface area contributed by atoms with Crippen LogP contribution in [0.1, 0.15) is 55.6 Å². The van der Waals surface area contributed by atoms with Gasteiger partial charge in [0.25, 0.3) is 0 Å². The molecule has 2 heterocycles. The number of allylic oxidation sites excluding steroid dienone is 14. The largest absolute Gasteiger partial charge is 0.317 e. The monoisotopic (exact) mass is 568 g/mol. The molecule has 2 atom stereocenters. The van der Waals surface area contributed by atoms with Gasteiger partial charge in [-0.3, -0.25) is 0 Å². The van der Waals surface area contributed by atoms with Gasteiger partial charge >= 0.3 is 0 Å². The summed E-state index contributed by atoms with van der Waals surface area (Å²) in [5.41, 5.74) is 14.1. The molecule has 1 aromatic heterocycles. The highest BCUT2D eigenvalue weighted by Crippen LogP contribution is 2.52. The Bertz CT molecular complexity index is 2070. The Morgan fingerprint density at radius 2 is 1.43 bits per heavy atom. The van der Waals surface area contributed by atoms with Gasteiger partial charge < -0.3 is 9.47 Å². The summed E-state index contributed by atoms with van der Waals surface area (Å²) in [6.45, 7) is 0. The third-order valence-electron chi connectivity index (χ3n) is 10.2. The summed E-state index contributed by atoms with van der Waals surface area (Å²) < 4.78 is 2.49. The first-order valence-electron chi connectivity index (χ1n) is 16.3. The van der Waals surface area contributed by atoms with E-state index in [2.05, 4.69) is 143 Å². The maximum Gasteiger partial charge on any atom is 0.0538 e. The van der Waals surface area contributed by atoms with Gasteiger partial charge in [-0.25, -0.2) is 0 Å². The number of hydrogen-bond donors (Lipinski definition) is 0.